The maximum Gasteiger partial charge on any atom is 0.410 e. The first-order valence-corrected chi connectivity index (χ1v) is 4.78. The van der Waals surface area contributed by atoms with Gasteiger partial charge in [-0.3, -0.25) is 0 Å². The molecule has 0 fully saturated rings. The van der Waals surface area contributed by atoms with Gasteiger partial charge in [-0.25, -0.2) is 4.79 Å². The lowest BCUT2D eigenvalue weighted by molar-refractivity contribution is 0.0274. The van der Waals surface area contributed by atoms with Crippen molar-refractivity contribution in [1.82, 2.24) is 4.90 Å². The third kappa shape index (κ3) is 5.62. The van der Waals surface area contributed by atoms with Gasteiger partial charge in [0.15, 0.2) is 0 Å². The van der Waals surface area contributed by atoms with Crippen molar-refractivity contribution in [3.63, 3.8) is 0 Å². The Morgan fingerprint density at radius 1 is 1.50 bits per heavy atom. The molecule has 1 radical (unpaired) electrons. The van der Waals surface area contributed by atoms with Crippen molar-refractivity contribution in [2.75, 3.05) is 13.1 Å². The molecular weight excluding hydrogens is 178 g/mol. The molecule has 0 aromatic heterocycles. The van der Waals surface area contributed by atoms with Crippen LogP contribution in [0.5, 0.6) is 0 Å². The lowest BCUT2D eigenvalue weighted by Gasteiger charge is -2.26. The summed E-state index contributed by atoms with van der Waals surface area (Å²) in [5.41, 5.74) is -0.447. The molecule has 0 atom stereocenters. The van der Waals surface area contributed by atoms with E-state index in [0.29, 0.717) is 19.5 Å². The fourth-order valence-electron chi connectivity index (χ4n) is 0.930. The van der Waals surface area contributed by atoms with E-state index in [2.05, 4.69) is 13.5 Å². The van der Waals surface area contributed by atoms with Gasteiger partial charge in [0, 0.05) is 13.1 Å². The van der Waals surface area contributed by atoms with Crippen LogP contribution in [0.1, 0.15) is 27.2 Å². The van der Waals surface area contributed by atoms with Gasteiger partial charge >= 0.3 is 6.09 Å². The zero-order chi connectivity index (χ0) is 11.2. The summed E-state index contributed by atoms with van der Waals surface area (Å²) in [6, 6.07) is 0. The topological polar surface area (TPSA) is 29.5 Å². The Bertz CT molecular complexity index is 194. The Hall–Kier alpha value is -0.990. The number of carbonyl (C=O) groups is 1. The summed E-state index contributed by atoms with van der Waals surface area (Å²) in [6.45, 7) is 13.9. The molecule has 0 aromatic rings. The highest BCUT2D eigenvalue weighted by Crippen LogP contribution is 2.10. The van der Waals surface area contributed by atoms with Crippen LogP contribution in [0.3, 0.4) is 0 Å². The second-order valence-electron chi connectivity index (χ2n) is 4.07. The average molecular weight is 198 g/mol. The van der Waals surface area contributed by atoms with E-state index in [-0.39, 0.29) is 6.09 Å². The Balaban J connectivity index is 4.21. The van der Waals surface area contributed by atoms with E-state index in [0.717, 1.165) is 0 Å². The molecule has 0 unspecified atom stereocenters. The van der Waals surface area contributed by atoms with Crippen LogP contribution in [0.4, 0.5) is 4.79 Å². The number of rotatable bonds is 4. The minimum atomic E-state index is -0.447. The predicted octanol–water partition coefficient (Wildman–Crippen LogP) is 2.63. The average Bonchev–Trinajstić information content (AvgIpc) is 2.01. The standard InChI is InChI=1S/C11H20NO2/c1-6-8-12(9-7-2)10(13)14-11(3,4)5/h6H,1-2,7-9H2,3-5H3. The summed E-state index contributed by atoms with van der Waals surface area (Å²) in [6.07, 6.45) is 2.05. The molecule has 0 spiro atoms. The summed E-state index contributed by atoms with van der Waals surface area (Å²) in [7, 11) is 0. The van der Waals surface area contributed by atoms with Gasteiger partial charge in [0.2, 0.25) is 0 Å². The van der Waals surface area contributed by atoms with Crippen molar-refractivity contribution in [3.8, 4) is 0 Å². The molecule has 1 amide bonds. The van der Waals surface area contributed by atoms with Crippen LogP contribution < -0.4 is 0 Å². The number of carbonyl (C=O) groups excluding carboxylic acids is 1. The number of nitrogens with zero attached hydrogens (tertiary/aromatic N) is 1. The molecule has 81 valence electrons. The molecule has 3 nitrogen and oxygen atoms in total. The summed E-state index contributed by atoms with van der Waals surface area (Å²) < 4.78 is 5.22. The molecule has 0 heterocycles. The first-order chi connectivity index (χ1) is 6.40. The van der Waals surface area contributed by atoms with Crippen molar-refractivity contribution in [1.29, 1.82) is 0 Å². The van der Waals surface area contributed by atoms with Crippen LogP contribution in [0.2, 0.25) is 0 Å². The Kier molecular flexibility index (Phi) is 5.28. The van der Waals surface area contributed by atoms with Crippen molar-refractivity contribution in [2.24, 2.45) is 0 Å². The number of amides is 1. The Labute approximate surface area is 86.7 Å². The normalized spacial score (nSPS) is 10.9. The minimum absolute atomic E-state index is 0.305. The molecule has 0 saturated heterocycles. The van der Waals surface area contributed by atoms with E-state index in [1.54, 1.807) is 11.0 Å². The maximum absolute atomic E-state index is 11.6. The first kappa shape index (κ1) is 13.0. The SMILES string of the molecule is [CH2]CCN(CC=C)C(=O)OC(C)(C)C. The third-order valence-corrected chi connectivity index (χ3v) is 1.43. The van der Waals surface area contributed by atoms with Crippen LogP contribution >= 0.6 is 0 Å². The van der Waals surface area contributed by atoms with Crippen molar-refractivity contribution < 1.29 is 9.53 Å². The molecule has 0 saturated carbocycles. The van der Waals surface area contributed by atoms with E-state index in [9.17, 15) is 4.79 Å². The van der Waals surface area contributed by atoms with Gasteiger partial charge in [-0.2, -0.15) is 0 Å². The molecule has 3 heteroatoms. The van der Waals surface area contributed by atoms with Gasteiger partial charge in [0.05, 0.1) is 0 Å². The monoisotopic (exact) mass is 198 g/mol. The molecule has 0 bridgehead atoms. The molecule has 0 N–H and O–H groups in total. The van der Waals surface area contributed by atoms with E-state index < -0.39 is 5.60 Å². The van der Waals surface area contributed by atoms with Crippen LogP contribution in [0.15, 0.2) is 12.7 Å². The highest BCUT2D eigenvalue weighted by molar-refractivity contribution is 5.68. The number of hydrogen-bond donors (Lipinski definition) is 0. The van der Waals surface area contributed by atoms with E-state index in [1.807, 2.05) is 20.8 Å². The van der Waals surface area contributed by atoms with Gasteiger partial charge in [-0.15, -0.1) is 6.58 Å². The zero-order valence-electron chi connectivity index (χ0n) is 9.38. The highest BCUT2D eigenvalue weighted by Gasteiger charge is 2.20. The smallest absolute Gasteiger partial charge is 0.410 e. The second kappa shape index (κ2) is 5.68. The quantitative estimate of drug-likeness (QED) is 0.650. The largest absolute Gasteiger partial charge is 0.444 e. The first-order valence-electron chi connectivity index (χ1n) is 4.78. The van der Waals surface area contributed by atoms with Crippen LogP contribution in [-0.4, -0.2) is 29.7 Å². The van der Waals surface area contributed by atoms with Gasteiger partial charge in [-0.05, 0) is 27.2 Å². The fourth-order valence-corrected chi connectivity index (χ4v) is 0.930. The lowest BCUT2D eigenvalue weighted by Crippen LogP contribution is -2.37. The Morgan fingerprint density at radius 2 is 2.07 bits per heavy atom. The van der Waals surface area contributed by atoms with Gasteiger partial charge in [-0.1, -0.05) is 13.0 Å². The van der Waals surface area contributed by atoms with Gasteiger partial charge in [0.1, 0.15) is 5.60 Å². The zero-order valence-corrected chi connectivity index (χ0v) is 9.38. The molecule has 0 rings (SSSR count). The molecule has 14 heavy (non-hydrogen) atoms. The van der Waals surface area contributed by atoms with E-state index >= 15 is 0 Å². The minimum Gasteiger partial charge on any atom is -0.444 e. The van der Waals surface area contributed by atoms with Gasteiger partial charge < -0.3 is 9.64 Å². The molecule has 0 aliphatic rings. The van der Waals surface area contributed by atoms with Crippen LogP contribution in [-0.2, 0) is 4.74 Å². The van der Waals surface area contributed by atoms with Crippen molar-refractivity contribution in [2.45, 2.75) is 32.8 Å². The highest BCUT2D eigenvalue weighted by atomic mass is 16.6. The Morgan fingerprint density at radius 3 is 2.43 bits per heavy atom. The van der Waals surface area contributed by atoms with E-state index in [1.165, 1.54) is 0 Å². The molecule has 0 aromatic carbocycles. The summed E-state index contributed by atoms with van der Waals surface area (Å²) in [5, 5.41) is 0. The van der Waals surface area contributed by atoms with Crippen molar-refractivity contribution in [3.05, 3.63) is 19.6 Å². The third-order valence-electron chi connectivity index (χ3n) is 1.43. The molecular formula is C11H20NO2. The predicted molar refractivity (Wildman–Crippen MR) is 58.0 cm³/mol. The summed E-state index contributed by atoms with van der Waals surface area (Å²) in [5.74, 6) is 0. The lowest BCUT2D eigenvalue weighted by atomic mass is 10.2. The summed E-state index contributed by atoms with van der Waals surface area (Å²) >= 11 is 0. The second-order valence-corrected chi connectivity index (χ2v) is 4.07. The summed E-state index contributed by atoms with van der Waals surface area (Å²) in [4.78, 5) is 13.2. The number of ether oxygens (including phenoxy) is 1. The van der Waals surface area contributed by atoms with Crippen LogP contribution in [0.25, 0.3) is 0 Å². The molecule has 0 aliphatic carbocycles. The molecule has 0 aliphatic heterocycles. The van der Waals surface area contributed by atoms with Crippen LogP contribution in [0, 0.1) is 6.92 Å². The number of hydrogen-bond acceptors (Lipinski definition) is 2. The fraction of sp³-hybridized carbons (Fsp3) is 0.636. The van der Waals surface area contributed by atoms with Gasteiger partial charge in [0.25, 0.3) is 0 Å². The van der Waals surface area contributed by atoms with E-state index in [4.69, 9.17) is 4.74 Å². The maximum atomic E-state index is 11.6. The van der Waals surface area contributed by atoms with Crippen molar-refractivity contribution >= 4 is 6.09 Å².